The average Bonchev–Trinajstić information content (AvgIpc) is 1.98. The van der Waals surface area contributed by atoms with E-state index in [0.717, 1.165) is 0 Å². The average molecular weight is 189 g/mol. The number of ether oxygens (including phenoxy) is 1. The Morgan fingerprint density at radius 1 is 1.54 bits per heavy atom. The highest BCUT2D eigenvalue weighted by Crippen LogP contribution is 2.18. The summed E-state index contributed by atoms with van der Waals surface area (Å²) in [6.45, 7) is 3.16. The van der Waals surface area contributed by atoms with Crippen LogP contribution in [-0.4, -0.2) is 40.7 Å². The van der Waals surface area contributed by atoms with Crippen LogP contribution in [0.2, 0.25) is 0 Å². The molecule has 1 amide bonds. The largest absolute Gasteiger partial charge is 0.386 e. The molecule has 0 spiro atoms. The topological polar surface area (TPSA) is 78.8 Å². The van der Waals surface area contributed by atoms with Gasteiger partial charge in [-0.2, -0.15) is 0 Å². The van der Waals surface area contributed by atoms with Crippen molar-refractivity contribution in [1.29, 1.82) is 0 Å². The van der Waals surface area contributed by atoms with Crippen LogP contribution in [-0.2, 0) is 9.53 Å². The minimum absolute atomic E-state index is 0.157. The number of hydrogen-bond acceptors (Lipinski definition) is 4. The molecule has 0 aliphatic carbocycles. The molecule has 0 aromatic carbocycles. The second-order valence-electron chi connectivity index (χ2n) is 3.37. The summed E-state index contributed by atoms with van der Waals surface area (Å²) in [5.74, 6) is -0.217. The summed E-state index contributed by atoms with van der Waals surface area (Å²) >= 11 is 0. The first-order chi connectivity index (χ1) is 6.00. The zero-order valence-corrected chi connectivity index (χ0v) is 7.73. The lowest BCUT2D eigenvalue weighted by atomic mass is 10.0. The van der Waals surface area contributed by atoms with Crippen molar-refractivity contribution in [3.05, 3.63) is 0 Å². The SMILES string of the molecule is CC(=O)N[C@H]1C[C@@H](C)OC(O)[C@H]1O. The standard InChI is InChI=1S/C8H15NO4/c1-4-3-6(9-5(2)10)7(11)8(12)13-4/h4,6-8,11-12H,3H2,1-2H3,(H,9,10)/t4-,6+,7+,8?/m1/s1. The van der Waals surface area contributed by atoms with E-state index in [-0.39, 0.29) is 12.0 Å². The van der Waals surface area contributed by atoms with Crippen LogP contribution in [0.25, 0.3) is 0 Å². The number of hydrogen-bond donors (Lipinski definition) is 3. The van der Waals surface area contributed by atoms with Gasteiger partial charge in [0.05, 0.1) is 12.1 Å². The Bertz CT molecular complexity index is 197. The monoisotopic (exact) mass is 189 g/mol. The van der Waals surface area contributed by atoms with Gasteiger partial charge in [-0.3, -0.25) is 4.79 Å². The van der Waals surface area contributed by atoms with Gasteiger partial charge in [-0.15, -0.1) is 0 Å². The molecule has 0 aromatic rings. The van der Waals surface area contributed by atoms with Gasteiger partial charge in [0.2, 0.25) is 5.91 Å². The highest BCUT2D eigenvalue weighted by Gasteiger charge is 2.35. The summed E-state index contributed by atoms with van der Waals surface area (Å²) in [4.78, 5) is 10.7. The molecule has 5 heteroatoms. The van der Waals surface area contributed by atoms with Gasteiger partial charge in [0, 0.05) is 6.92 Å². The zero-order valence-electron chi connectivity index (χ0n) is 7.73. The van der Waals surface area contributed by atoms with Crippen molar-refractivity contribution in [1.82, 2.24) is 5.32 Å². The summed E-state index contributed by atoms with van der Waals surface area (Å²) in [5.41, 5.74) is 0. The third kappa shape index (κ3) is 2.65. The Morgan fingerprint density at radius 3 is 2.69 bits per heavy atom. The first-order valence-corrected chi connectivity index (χ1v) is 4.29. The molecule has 0 radical (unpaired) electrons. The minimum Gasteiger partial charge on any atom is -0.386 e. The van der Waals surface area contributed by atoms with Crippen LogP contribution in [0, 0.1) is 0 Å². The molecular weight excluding hydrogens is 174 g/mol. The van der Waals surface area contributed by atoms with E-state index in [4.69, 9.17) is 4.74 Å². The van der Waals surface area contributed by atoms with Crippen LogP contribution in [0.15, 0.2) is 0 Å². The van der Waals surface area contributed by atoms with E-state index in [0.29, 0.717) is 6.42 Å². The Labute approximate surface area is 76.7 Å². The smallest absolute Gasteiger partial charge is 0.217 e. The number of nitrogens with one attached hydrogen (secondary N) is 1. The zero-order chi connectivity index (χ0) is 10.0. The second kappa shape index (κ2) is 4.04. The third-order valence-electron chi connectivity index (χ3n) is 2.05. The number of carbonyl (C=O) groups excluding carboxylic acids is 1. The highest BCUT2D eigenvalue weighted by atomic mass is 16.6. The Balaban J connectivity index is 2.55. The molecule has 3 N–H and O–H groups in total. The molecule has 4 atom stereocenters. The molecule has 1 heterocycles. The normalized spacial score (nSPS) is 40.0. The fraction of sp³-hybridized carbons (Fsp3) is 0.875. The molecule has 1 unspecified atom stereocenters. The molecule has 0 bridgehead atoms. The maximum absolute atomic E-state index is 10.7. The van der Waals surface area contributed by atoms with Gasteiger partial charge in [0.25, 0.3) is 0 Å². The minimum atomic E-state index is -1.21. The third-order valence-corrected chi connectivity index (χ3v) is 2.05. The molecule has 76 valence electrons. The molecule has 0 aromatic heterocycles. The van der Waals surface area contributed by atoms with E-state index in [1.807, 2.05) is 0 Å². The van der Waals surface area contributed by atoms with Gasteiger partial charge in [0.1, 0.15) is 6.10 Å². The lowest BCUT2D eigenvalue weighted by Gasteiger charge is -2.35. The maximum Gasteiger partial charge on any atom is 0.217 e. The first-order valence-electron chi connectivity index (χ1n) is 4.29. The predicted molar refractivity (Wildman–Crippen MR) is 44.8 cm³/mol. The van der Waals surface area contributed by atoms with E-state index in [1.54, 1.807) is 6.92 Å². The molecule has 13 heavy (non-hydrogen) atoms. The van der Waals surface area contributed by atoms with Crippen molar-refractivity contribution in [2.75, 3.05) is 0 Å². The molecule has 0 saturated carbocycles. The van der Waals surface area contributed by atoms with Crippen molar-refractivity contribution in [2.45, 2.75) is 44.8 Å². The van der Waals surface area contributed by atoms with E-state index in [1.165, 1.54) is 6.92 Å². The lowest BCUT2D eigenvalue weighted by molar-refractivity contribution is -0.220. The lowest BCUT2D eigenvalue weighted by Crippen LogP contribution is -2.54. The van der Waals surface area contributed by atoms with Gasteiger partial charge >= 0.3 is 0 Å². The van der Waals surface area contributed by atoms with Gasteiger partial charge in [-0.25, -0.2) is 0 Å². The number of carbonyl (C=O) groups is 1. The first kappa shape index (κ1) is 10.4. The van der Waals surface area contributed by atoms with Crippen LogP contribution in [0.4, 0.5) is 0 Å². The number of amides is 1. The van der Waals surface area contributed by atoms with Gasteiger partial charge < -0.3 is 20.3 Å². The summed E-state index contributed by atoms with van der Waals surface area (Å²) < 4.78 is 4.96. The van der Waals surface area contributed by atoms with Crippen molar-refractivity contribution >= 4 is 5.91 Å². The van der Waals surface area contributed by atoms with Crippen molar-refractivity contribution in [3.63, 3.8) is 0 Å². The molecule has 5 nitrogen and oxygen atoms in total. The quantitative estimate of drug-likeness (QED) is 0.493. The van der Waals surface area contributed by atoms with Crippen LogP contribution < -0.4 is 5.32 Å². The molecule has 1 fully saturated rings. The number of rotatable bonds is 1. The van der Waals surface area contributed by atoms with Gasteiger partial charge in [0.15, 0.2) is 6.29 Å². The fourth-order valence-corrected chi connectivity index (χ4v) is 1.48. The fourth-order valence-electron chi connectivity index (χ4n) is 1.48. The second-order valence-corrected chi connectivity index (χ2v) is 3.37. The number of aliphatic hydroxyl groups excluding tert-OH is 2. The maximum atomic E-state index is 10.7. The predicted octanol–water partition coefficient (Wildman–Crippen LogP) is -1.02. The molecule has 1 aliphatic rings. The molecule has 1 aliphatic heterocycles. The molecular formula is C8H15NO4. The summed E-state index contributed by atoms with van der Waals surface area (Å²) in [6, 6.07) is -0.420. The van der Waals surface area contributed by atoms with Crippen molar-refractivity contribution in [3.8, 4) is 0 Å². The summed E-state index contributed by atoms with van der Waals surface area (Å²) in [6.07, 6.45) is -1.89. The highest BCUT2D eigenvalue weighted by molar-refractivity contribution is 5.73. The Hall–Kier alpha value is -0.650. The van der Waals surface area contributed by atoms with Crippen LogP contribution >= 0.6 is 0 Å². The summed E-state index contributed by atoms with van der Waals surface area (Å²) in [5, 5.41) is 21.2. The van der Waals surface area contributed by atoms with Crippen LogP contribution in [0.5, 0.6) is 0 Å². The van der Waals surface area contributed by atoms with E-state index in [9.17, 15) is 15.0 Å². The molecule has 1 saturated heterocycles. The van der Waals surface area contributed by atoms with Gasteiger partial charge in [-0.1, -0.05) is 0 Å². The Morgan fingerprint density at radius 2 is 2.15 bits per heavy atom. The number of aliphatic hydroxyl groups is 2. The van der Waals surface area contributed by atoms with E-state index < -0.39 is 18.4 Å². The van der Waals surface area contributed by atoms with Crippen LogP contribution in [0.1, 0.15) is 20.3 Å². The van der Waals surface area contributed by atoms with Gasteiger partial charge in [-0.05, 0) is 13.3 Å². The molecule has 1 rings (SSSR count). The van der Waals surface area contributed by atoms with E-state index in [2.05, 4.69) is 5.32 Å². The van der Waals surface area contributed by atoms with Crippen molar-refractivity contribution < 1.29 is 19.7 Å². The van der Waals surface area contributed by atoms with E-state index >= 15 is 0 Å². The van der Waals surface area contributed by atoms with Crippen LogP contribution in [0.3, 0.4) is 0 Å². The summed E-state index contributed by atoms with van der Waals surface area (Å²) in [7, 11) is 0. The van der Waals surface area contributed by atoms with Crippen molar-refractivity contribution in [2.24, 2.45) is 0 Å². The Kier molecular flexibility index (Phi) is 3.24.